The van der Waals surface area contributed by atoms with Crippen molar-refractivity contribution in [3.8, 4) is 5.88 Å². The molecule has 0 spiro atoms. The normalized spacial score (nSPS) is 11.3. The Morgan fingerprint density at radius 1 is 1.24 bits per heavy atom. The third kappa shape index (κ3) is 4.46. The Balaban J connectivity index is 1.64. The molecule has 0 bridgehead atoms. The average molecular weight is 366 g/mol. The number of aromatic nitrogens is 5. The van der Waals surface area contributed by atoms with E-state index in [-0.39, 0.29) is 5.28 Å². The standard InChI is InChI=1S/C16H20ClN5O3/c1-3-4-5-6-24-10-13-18-11(9-25-13)7-22-8-12-14(21-22)15(23-2)20-16(17)19-12/h8-9H,3-7,10H2,1-2H3. The maximum absolute atomic E-state index is 5.88. The number of unbranched alkanes of at least 4 members (excludes halogenated alkanes) is 2. The van der Waals surface area contributed by atoms with Crippen molar-refractivity contribution in [2.75, 3.05) is 13.7 Å². The second kappa shape index (κ2) is 8.26. The second-order valence-electron chi connectivity index (χ2n) is 5.55. The minimum absolute atomic E-state index is 0.118. The molecule has 0 saturated heterocycles. The number of fused-ring (bicyclic) bond motifs is 1. The molecule has 0 saturated carbocycles. The summed E-state index contributed by atoms with van der Waals surface area (Å²) >= 11 is 5.88. The fourth-order valence-electron chi connectivity index (χ4n) is 2.40. The lowest BCUT2D eigenvalue weighted by atomic mass is 10.3. The molecule has 3 aromatic rings. The molecule has 0 amide bonds. The van der Waals surface area contributed by atoms with Gasteiger partial charge in [-0.3, -0.25) is 4.68 Å². The van der Waals surface area contributed by atoms with Crippen LogP contribution >= 0.6 is 11.6 Å². The van der Waals surface area contributed by atoms with Crippen molar-refractivity contribution in [1.82, 2.24) is 24.7 Å². The van der Waals surface area contributed by atoms with Gasteiger partial charge in [0.25, 0.3) is 0 Å². The number of hydrogen-bond donors (Lipinski definition) is 0. The molecule has 0 aliphatic heterocycles. The fourth-order valence-corrected chi connectivity index (χ4v) is 2.56. The summed E-state index contributed by atoms with van der Waals surface area (Å²) in [5.41, 5.74) is 1.91. The van der Waals surface area contributed by atoms with Crippen molar-refractivity contribution < 1.29 is 13.9 Å². The van der Waals surface area contributed by atoms with Crippen molar-refractivity contribution in [3.63, 3.8) is 0 Å². The van der Waals surface area contributed by atoms with Crippen LogP contribution < -0.4 is 4.74 Å². The molecule has 0 N–H and O–H groups in total. The second-order valence-corrected chi connectivity index (χ2v) is 5.89. The smallest absolute Gasteiger partial charge is 0.246 e. The lowest BCUT2D eigenvalue weighted by Gasteiger charge is -1.99. The number of oxazole rings is 1. The van der Waals surface area contributed by atoms with Gasteiger partial charge in [0.2, 0.25) is 17.1 Å². The van der Waals surface area contributed by atoms with Gasteiger partial charge in [-0.1, -0.05) is 19.8 Å². The highest BCUT2D eigenvalue weighted by Crippen LogP contribution is 2.22. The van der Waals surface area contributed by atoms with Gasteiger partial charge in [-0.25, -0.2) is 9.97 Å². The lowest BCUT2D eigenvalue weighted by Crippen LogP contribution is -2.01. The topological polar surface area (TPSA) is 88.1 Å². The van der Waals surface area contributed by atoms with Crippen LogP contribution in [0.15, 0.2) is 16.9 Å². The average Bonchev–Trinajstić information content (AvgIpc) is 3.20. The SMILES string of the molecule is CCCCCOCc1nc(Cn2cc3nc(Cl)nc(OC)c3n2)co1. The fraction of sp³-hybridized carbons (Fsp3) is 0.500. The van der Waals surface area contributed by atoms with Crippen LogP contribution in [0.2, 0.25) is 5.28 Å². The molecule has 0 fully saturated rings. The summed E-state index contributed by atoms with van der Waals surface area (Å²) in [6, 6.07) is 0. The number of hydrogen-bond acceptors (Lipinski definition) is 7. The van der Waals surface area contributed by atoms with Gasteiger partial charge in [-0.15, -0.1) is 0 Å². The quantitative estimate of drug-likeness (QED) is 0.425. The van der Waals surface area contributed by atoms with E-state index >= 15 is 0 Å². The third-order valence-corrected chi connectivity index (χ3v) is 3.75. The van der Waals surface area contributed by atoms with Gasteiger partial charge in [0, 0.05) is 6.61 Å². The van der Waals surface area contributed by atoms with E-state index in [0.29, 0.717) is 36.0 Å². The number of methoxy groups -OCH3 is 1. The first-order valence-electron chi connectivity index (χ1n) is 8.15. The first-order valence-corrected chi connectivity index (χ1v) is 8.53. The van der Waals surface area contributed by atoms with Crippen LogP contribution in [0.1, 0.15) is 37.8 Å². The van der Waals surface area contributed by atoms with Gasteiger partial charge < -0.3 is 13.9 Å². The Kier molecular flexibility index (Phi) is 5.83. The highest BCUT2D eigenvalue weighted by Gasteiger charge is 2.13. The van der Waals surface area contributed by atoms with E-state index in [2.05, 4.69) is 27.0 Å². The van der Waals surface area contributed by atoms with Crippen LogP contribution in [-0.2, 0) is 17.9 Å². The molecule has 0 aliphatic rings. The van der Waals surface area contributed by atoms with E-state index in [1.165, 1.54) is 20.0 Å². The molecular formula is C16H20ClN5O3. The molecule has 0 aromatic carbocycles. The monoisotopic (exact) mass is 365 g/mol. The number of halogens is 1. The molecule has 3 aromatic heterocycles. The predicted molar refractivity (Wildman–Crippen MR) is 91.7 cm³/mol. The Labute approximate surface area is 150 Å². The van der Waals surface area contributed by atoms with Gasteiger partial charge in [-0.05, 0) is 18.0 Å². The van der Waals surface area contributed by atoms with Crippen molar-refractivity contribution >= 4 is 22.6 Å². The molecule has 3 heterocycles. The lowest BCUT2D eigenvalue weighted by molar-refractivity contribution is 0.0992. The van der Waals surface area contributed by atoms with Crippen LogP contribution in [0.25, 0.3) is 11.0 Å². The van der Waals surface area contributed by atoms with Gasteiger partial charge >= 0.3 is 0 Å². The van der Waals surface area contributed by atoms with E-state index < -0.39 is 0 Å². The molecule has 0 atom stereocenters. The molecule has 25 heavy (non-hydrogen) atoms. The first-order chi connectivity index (χ1) is 12.2. The summed E-state index contributed by atoms with van der Waals surface area (Å²) in [7, 11) is 1.52. The van der Waals surface area contributed by atoms with Crippen LogP contribution in [0, 0.1) is 0 Å². The zero-order chi connectivity index (χ0) is 17.6. The molecule has 0 radical (unpaired) electrons. The summed E-state index contributed by atoms with van der Waals surface area (Å²) in [5, 5.41) is 4.54. The van der Waals surface area contributed by atoms with Crippen molar-refractivity contribution in [2.45, 2.75) is 39.3 Å². The summed E-state index contributed by atoms with van der Waals surface area (Å²) in [6.45, 7) is 3.69. The van der Waals surface area contributed by atoms with E-state index in [9.17, 15) is 0 Å². The zero-order valence-electron chi connectivity index (χ0n) is 14.2. The van der Waals surface area contributed by atoms with Gasteiger partial charge in [-0.2, -0.15) is 10.1 Å². The molecule has 8 nitrogen and oxygen atoms in total. The molecule has 0 aliphatic carbocycles. The number of nitrogens with zero attached hydrogens (tertiary/aromatic N) is 5. The van der Waals surface area contributed by atoms with Crippen molar-refractivity contribution in [3.05, 3.63) is 29.3 Å². The molecule has 134 valence electrons. The predicted octanol–water partition coefficient (Wildman–Crippen LogP) is 3.23. The maximum Gasteiger partial charge on any atom is 0.246 e. The Morgan fingerprint density at radius 3 is 2.92 bits per heavy atom. The number of rotatable bonds is 9. The highest BCUT2D eigenvalue weighted by atomic mass is 35.5. The zero-order valence-corrected chi connectivity index (χ0v) is 15.0. The maximum atomic E-state index is 5.88. The Morgan fingerprint density at radius 2 is 2.12 bits per heavy atom. The van der Waals surface area contributed by atoms with Crippen LogP contribution in [0.3, 0.4) is 0 Å². The summed E-state index contributed by atoms with van der Waals surface area (Å²) in [6.07, 6.45) is 6.76. The molecule has 3 rings (SSSR count). The molecular weight excluding hydrogens is 346 g/mol. The van der Waals surface area contributed by atoms with E-state index in [4.69, 9.17) is 25.5 Å². The van der Waals surface area contributed by atoms with Crippen LogP contribution in [0.4, 0.5) is 0 Å². The largest absolute Gasteiger partial charge is 0.479 e. The third-order valence-electron chi connectivity index (χ3n) is 3.59. The minimum atomic E-state index is 0.118. The summed E-state index contributed by atoms with van der Waals surface area (Å²) in [5.74, 6) is 0.902. The van der Waals surface area contributed by atoms with Crippen LogP contribution in [0.5, 0.6) is 5.88 Å². The van der Waals surface area contributed by atoms with Gasteiger partial charge in [0.15, 0.2) is 5.52 Å². The van der Waals surface area contributed by atoms with Gasteiger partial charge in [0.05, 0.1) is 19.9 Å². The minimum Gasteiger partial charge on any atom is -0.479 e. The Bertz CT molecular complexity index is 832. The summed E-state index contributed by atoms with van der Waals surface area (Å²) in [4.78, 5) is 12.6. The van der Waals surface area contributed by atoms with E-state index in [1.54, 1.807) is 17.1 Å². The van der Waals surface area contributed by atoms with Crippen molar-refractivity contribution in [2.24, 2.45) is 0 Å². The van der Waals surface area contributed by atoms with Crippen LogP contribution in [-0.4, -0.2) is 38.4 Å². The molecule has 9 heteroatoms. The van der Waals surface area contributed by atoms with E-state index in [1.807, 2.05) is 0 Å². The molecule has 0 unspecified atom stereocenters. The Hall–Kier alpha value is -2.19. The van der Waals surface area contributed by atoms with E-state index in [0.717, 1.165) is 18.7 Å². The summed E-state index contributed by atoms with van der Waals surface area (Å²) < 4.78 is 17.9. The van der Waals surface area contributed by atoms with Crippen molar-refractivity contribution in [1.29, 1.82) is 0 Å². The first kappa shape index (κ1) is 17.6. The highest BCUT2D eigenvalue weighted by molar-refractivity contribution is 6.28. The van der Waals surface area contributed by atoms with Gasteiger partial charge in [0.1, 0.15) is 24.1 Å². The number of ether oxygens (including phenoxy) is 2.